The van der Waals surface area contributed by atoms with Crippen LogP contribution in [0.3, 0.4) is 0 Å². The lowest BCUT2D eigenvalue weighted by Gasteiger charge is -2.41. The van der Waals surface area contributed by atoms with E-state index in [4.69, 9.17) is 0 Å². The van der Waals surface area contributed by atoms with Crippen molar-refractivity contribution in [1.29, 1.82) is 0 Å². The van der Waals surface area contributed by atoms with Gasteiger partial charge in [-0.25, -0.2) is 0 Å². The SMILES string of the molecule is Cc1cc(C)c(C2=C(O)C3(CCN(O)CC3)N(C)C2=O)c(C)c1C. The van der Waals surface area contributed by atoms with Crippen LogP contribution in [0.5, 0.6) is 0 Å². The van der Waals surface area contributed by atoms with Crippen LogP contribution >= 0.6 is 0 Å². The quantitative estimate of drug-likeness (QED) is 0.831. The molecule has 0 bridgehead atoms. The number of benzene rings is 1. The highest BCUT2D eigenvalue weighted by Crippen LogP contribution is 2.45. The minimum atomic E-state index is -0.691. The number of aliphatic hydroxyl groups is 1. The topological polar surface area (TPSA) is 64.0 Å². The highest BCUT2D eigenvalue weighted by Gasteiger charge is 2.52. The van der Waals surface area contributed by atoms with Gasteiger partial charge >= 0.3 is 0 Å². The van der Waals surface area contributed by atoms with E-state index in [0.717, 1.165) is 22.3 Å². The van der Waals surface area contributed by atoms with Crippen molar-refractivity contribution in [2.24, 2.45) is 0 Å². The Morgan fingerprint density at radius 1 is 1.04 bits per heavy atom. The van der Waals surface area contributed by atoms with Crippen LogP contribution < -0.4 is 0 Å². The minimum Gasteiger partial charge on any atom is -0.509 e. The molecule has 5 heteroatoms. The zero-order valence-corrected chi connectivity index (χ0v) is 15.1. The third-order valence-corrected chi connectivity index (χ3v) is 6.01. The molecule has 2 heterocycles. The fourth-order valence-electron chi connectivity index (χ4n) is 4.19. The Labute approximate surface area is 143 Å². The molecule has 2 N–H and O–H groups in total. The van der Waals surface area contributed by atoms with E-state index in [9.17, 15) is 15.1 Å². The molecule has 0 radical (unpaired) electrons. The summed E-state index contributed by atoms with van der Waals surface area (Å²) in [6.07, 6.45) is 1.06. The summed E-state index contributed by atoms with van der Waals surface area (Å²) in [7, 11) is 1.75. The maximum absolute atomic E-state index is 13.0. The Morgan fingerprint density at radius 3 is 2.21 bits per heavy atom. The van der Waals surface area contributed by atoms with Crippen molar-refractivity contribution in [3.05, 3.63) is 39.6 Å². The number of hydrogen-bond donors (Lipinski definition) is 2. The van der Waals surface area contributed by atoms with E-state index in [1.807, 2.05) is 20.8 Å². The molecule has 1 saturated heterocycles. The highest BCUT2D eigenvalue weighted by molar-refractivity contribution is 6.23. The van der Waals surface area contributed by atoms with Crippen molar-refractivity contribution in [2.75, 3.05) is 20.1 Å². The first kappa shape index (κ1) is 17.0. The molecule has 1 aromatic rings. The zero-order valence-electron chi connectivity index (χ0n) is 15.1. The zero-order chi connectivity index (χ0) is 17.8. The lowest BCUT2D eigenvalue weighted by atomic mass is 9.83. The molecule has 130 valence electrons. The minimum absolute atomic E-state index is 0.131. The molecule has 0 unspecified atom stereocenters. The molecule has 2 aliphatic rings. The summed E-state index contributed by atoms with van der Waals surface area (Å²) < 4.78 is 0. The number of aryl methyl sites for hydroxylation is 2. The predicted molar refractivity (Wildman–Crippen MR) is 93.0 cm³/mol. The Hall–Kier alpha value is -1.85. The Balaban J connectivity index is 2.20. The van der Waals surface area contributed by atoms with Gasteiger partial charge < -0.3 is 15.2 Å². The van der Waals surface area contributed by atoms with Crippen LogP contribution in [0.15, 0.2) is 11.8 Å². The second-order valence-corrected chi connectivity index (χ2v) is 7.21. The molecule has 0 atom stereocenters. The van der Waals surface area contributed by atoms with Crippen LogP contribution in [-0.2, 0) is 4.79 Å². The van der Waals surface area contributed by atoms with E-state index in [2.05, 4.69) is 13.0 Å². The maximum atomic E-state index is 13.0. The van der Waals surface area contributed by atoms with Crippen molar-refractivity contribution in [3.8, 4) is 0 Å². The largest absolute Gasteiger partial charge is 0.509 e. The number of amides is 1. The Bertz CT molecular complexity index is 743. The van der Waals surface area contributed by atoms with Crippen LogP contribution in [0, 0.1) is 27.7 Å². The molecule has 1 amide bonds. The van der Waals surface area contributed by atoms with E-state index in [-0.39, 0.29) is 11.7 Å². The Kier molecular flexibility index (Phi) is 3.97. The number of hydroxylamine groups is 2. The van der Waals surface area contributed by atoms with Crippen LogP contribution in [0.2, 0.25) is 0 Å². The molecule has 0 saturated carbocycles. The number of nitrogens with zero attached hydrogens (tertiary/aromatic N) is 2. The number of aliphatic hydroxyl groups excluding tert-OH is 1. The lowest BCUT2D eigenvalue weighted by molar-refractivity contribution is -0.141. The molecule has 1 fully saturated rings. The van der Waals surface area contributed by atoms with Crippen molar-refractivity contribution in [2.45, 2.75) is 46.1 Å². The molecule has 3 rings (SSSR count). The predicted octanol–water partition coefficient (Wildman–Crippen LogP) is 2.89. The van der Waals surface area contributed by atoms with Crippen molar-refractivity contribution < 1.29 is 15.1 Å². The van der Waals surface area contributed by atoms with Gasteiger partial charge in [0.1, 0.15) is 11.3 Å². The molecule has 5 nitrogen and oxygen atoms in total. The average Bonchev–Trinajstić information content (AvgIpc) is 2.71. The molecule has 1 spiro atoms. The van der Waals surface area contributed by atoms with Gasteiger partial charge in [0.05, 0.1) is 5.57 Å². The third-order valence-electron chi connectivity index (χ3n) is 6.01. The summed E-state index contributed by atoms with van der Waals surface area (Å²) >= 11 is 0. The summed E-state index contributed by atoms with van der Waals surface area (Å²) in [4.78, 5) is 14.7. The summed E-state index contributed by atoms with van der Waals surface area (Å²) in [5.41, 5.74) is 5.00. The molecular weight excluding hydrogens is 304 g/mol. The number of hydrogen-bond acceptors (Lipinski definition) is 4. The van der Waals surface area contributed by atoms with Crippen molar-refractivity contribution >= 4 is 11.5 Å². The summed E-state index contributed by atoms with van der Waals surface area (Å²) in [6, 6.07) is 2.08. The number of carbonyl (C=O) groups excluding carboxylic acids is 1. The molecule has 24 heavy (non-hydrogen) atoms. The van der Waals surface area contributed by atoms with E-state index in [1.54, 1.807) is 11.9 Å². The van der Waals surface area contributed by atoms with Crippen LogP contribution in [0.4, 0.5) is 0 Å². The molecule has 2 aliphatic heterocycles. The number of rotatable bonds is 1. The second-order valence-electron chi connectivity index (χ2n) is 7.21. The fraction of sp³-hybridized carbons (Fsp3) is 0.526. The van der Waals surface area contributed by atoms with Gasteiger partial charge in [-0.2, -0.15) is 5.06 Å². The van der Waals surface area contributed by atoms with E-state index < -0.39 is 5.54 Å². The lowest BCUT2D eigenvalue weighted by Crippen LogP contribution is -2.53. The number of likely N-dealkylation sites (N-methyl/N-ethyl adjacent to an activating group) is 1. The van der Waals surface area contributed by atoms with Gasteiger partial charge in [-0.05, 0) is 68.4 Å². The van der Waals surface area contributed by atoms with Crippen LogP contribution in [0.25, 0.3) is 5.57 Å². The van der Waals surface area contributed by atoms with Gasteiger partial charge in [0.25, 0.3) is 5.91 Å². The summed E-state index contributed by atoms with van der Waals surface area (Å²) in [6.45, 7) is 9.01. The number of carbonyl (C=O) groups is 1. The fourth-order valence-corrected chi connectivity index (χ4v) is 4.19. The molecule has 1 aromatic carbocycles. The standard InChI is InChI=1S/C19H26N2O3/c1-11-10-12(2)15(14(4)13(11)3)16-17(22)19(20(5)18(16)23)6-8-21(24)9-7-19/h10,22,24H,6-9H2,1-5H3. The van der Waals surface area contributed by atoms with Gasteiger partial charge in [0, 0.05) is 20.1 Å². The second kappa shape index (κ2) is 5.60. The van der Waals surface area contributed by atoms with Gasteiger partial charge in [-0.1, -0.05) is 6.07 Å². The first-order chi connectivity index (χ1) is 11.2. The van der Waals surface area contributed by atoms with Gasteiger partial charge in [0.2, 0.25) is 0 Å². The summed E-state index contributed by atoms with van der Waals surface area (Å²) in [5.74, 6) is 0.0332. The first-order valence-electron chi connectivity index (χ1n) is 8.44. The molecular formula is C19H26N2O3. The number of piperidine rings is 1. The monoisotopic (exact) mass is 330 g/mol. The normalized spacial score (nSPS) is 21.2. The van der Waals surface area contributed by atoms with Gasteiger partial charge in [-0.15, -0.1) is 0 Å². The van der Waals surface area contributed by atoms with Crippen LogP contribution in [-0.4, -0.2) is 51.9 Å². The maximum Gasteiger partial charge on any atom is 0.258 e. The van der Waals surface area contributed by atoms with E-state index in [1.165, 1.54) is 10.6 Å². The smallest absolute Gasteiger partial charge is 0.258 e. The highest BCUT2D eigenvalue weighted by atomic mass is 16.5. The summed E-state index contributed by atoms with van der Waals surface area (Å²) in [5, 5.41) is 22.0. The Morgan fingerprint density at radius 2 is 1.62 bits per heavy atom. The van der Waals surface area contributed by atoms with Crippen LogP contribution in [0.1, 0.15) is 40.7 Å². The van der Waals surface area contributed by atoms with E-state index in [0.29, 0.717) is 31.5 Å². The van der Waals surface area contributed by atoms with Crippen molar-refractivity contribution in [1.82, 2.24) is 9.96 Å². The van der Waals surface area contributed by atoms with Gasteiger partial charge in [0.15, 0.2) is 0 Å². The third kappa shape index (κ3) is 2.19. The average molecular weight is 330 g/mol. The molecule has 0 aliphatic carbocycles. The van der Waals surface area contributed by atoms with Crippen molar-refractivity contribution in [3.63, 3.8) is 0 Å². The first-order valence-corrected chi connectivity index (χ1v) is 8.44. The van der Waals surface area contributed by atoms with E-state index >= 15 is 0 Å². The molecule has 0 aromatic heterocycles. The van der Waals surface area contributed by atoms with Gasteiger partial charge in [-0.3, -0.25) is 4.79 Å².